The maximum Gasteiger partial charge on any atom is 0.326 e. The molecule has 136 valence electrons. The van der Waals surface area contributed by atoms with E-state index in [1.54, 1.807) is 31.2 Å². The van der Waals surface area contributed by atoms with Crippen molar-refractivity contribution in [1.29, 1.82) is 0 Å². The van der Waals surface area contributed by atoms with Crippen LogP contribution in [0.4, 0.5) is 4.79 Å². The van der Waals surface area contributed by atoms with Crippen molar-refractivity contribution in [2.75, 3.05) is 13.2 Å². The van der Waals surface area contributed by atoms with Gasteiger partial charge >= 0.3 is 12.0 Å². The summed E-state index contributed by atoms with van der Waals surface area (Å²) in [6.07, 6.45) is 0.403. The number of urea groups is 1. The zero-order valence-electron chi connectivity index (χ0n) is 15.0. The van der Waals surface area contributed by atoms with Crippen LogP contribution in [0.1, 0.15) is 39.7 Å². The highest BCUT2D eigenvalue weighted by atomic mass is 16.5. The Bertz CT molecular complexity index is 656. The second-order valence-electron chi connectivity index (χ2n) is 6.08. The molecular formula is C18H24N2O5. The van der Waals surface area contributed by atoms with Crippen molar-refractivity contribution < 1.29 is 23.9 Å². The van der Waals surface area contributed by atoms with Gasteiger partial charge in [0.2, 0.25) is 0 Å². The maximum atomic E-state index is 12.9. The number of nitrogens with one attached hydrogen (secondary N) is 1. The molecule has 0 aromatic heterocycles. The van der Waals surface area contributed by atoms with E-state index in [2.05, 4.69) is 5.32 Å². The van der Waals surface area contributed by atoms with E-state index >= 15 is 0 Å². The Kier molecular flexibility index (Phi) is 5.66. The molecule has 2 rings (SSSR count). The summed E-state index contributed by atoms with van der Waals surface area (Å²) in [5, 5.41) is 2.73. The second kappa shape index (κ2) is 7.55. The number of carbonyl (C=O) groups is 3. The van der Waals surface area contributed by atoms with E-state index < -0.39 is 30.0 Å². The fraction of sp³-hybridized carbons (Fsp3) is 0.500. The summed E-state index contributed by atoms with van der Waals surface area (Å²) in [4.78, 5) is 37.7. The molecule has 0 aliphatic carbocycles. The minimum atomic E-state index is -1.18. The number of hydrogen-bond donors (Lipinski definition) is 1. The average molecular weight is 348 g/mol. The van der Waals surface area contributed by atoms with Crippen molar-refractivity contribution in [2.24, 2.45) is 0 Å². The molecule has 1 heterocycles. The summed E-state index contributed by atoms with van der Waals surface area (Å²) in [7, 11) is 0. The van der Waals surface area contributed by atoms with Crippen LogP contribution < -0.4 is 10.1 Å². The van der Waals surface area contributed by atoms with Gasteiger partial charge in [0.25, 0.3) is 5.91 Å². The molecule has 1 aromatic carbocycles. The van der Waals surface area contributed by atoms with Gasteiger partial charge in [0.15, 0.2) is 0 Å². The number of benzene rings is 1. The molecule has 1 aliphatic heterocycles. The first-order valence-electron chi connectivity index (χ1n) is 8.41. The van der Waals surface area contributed by atoms with E-state index in [9.17, 15) is 14.4 Å². The highest BCUT2D eigenvalue weighted by molar-refractivity contribution is 6.09. The van der Waals surface area contributed by atoms with E-state index in [-0.39, 0.29) is 12.7 Å². The number of carbonyl (C=O) groups excluding carboxylic acids is 3. The lowest BCUT2D eigenvalue weighted by Crippen LogP contribution is -2.44. The van der Waals surface area contributed by atoms with Crippen LogP contribution in [0.15, 0.2) is 24.3 Å². The molecule has 25 heavy (non-hydrogen) atoms. The van der Waals surface area contributed by atoms with Crippen LogP contribution in [0, 0.1) is 0 Å². The Morgan fingerprint density at radius 2 is 1.84 bits per heavy atom. The molecule has 1 aromatic rings. The fourth-order valence-electron chi connectivity index (χ4n) is 2.84. The summed E-state index contributed by atoms with van der Waals surface area (Å²) in [6.45, 7) is 7.13. The lowest BCUT2D eigenvalue weighted by atomic mass is 9.87. The third kappa shape index (κ3) is 3.75. The number of imide groups is 1. The minimum Gasteiger partial charge on any atom is -0.491 e. The Balaban J connectivity index is 2.26. The first-order valence-corrected chi connectivity index (χ1v) is 8.41. The Hall–Kier alpha value is -2.57. The Morgan fingerprint density at radius 1 is 1.20 bits per heavy atom. The molecule has 1 aliphatic rings. The summed E-state index contributed by atoms with van der Waals surface area (Å²) in [5.41, 5.74) is -0.532. The lowest BCUT2D eigenvalue weighted by Gasteiger charge is -2.26. The number of nitrogens with zero attached hydrogens (tertiary/aromatic N) is 1. The Morgan fingerprint density at radius 3 is 2.36 bits per heavy atom. The standard InChI is InChI=1S/C18H24N2O5/c1-5-18(13-7-9-14(10-8-13)25-12(3)4)16(22)20(17(23)19-18)11-15(21)24-6-2/h7-10,12H,5-6,11H2,1-4H3,(H,19,23)/t18-/m1/s1. The molecule has 1 fully saturated rings. The van der Waals surface area contributed by atoms with Gasteiger partial charge in [0, 0.05) is 0 Å². The molecule has 0 bridgehead atoms. The van der Waals surface area contributed by atoms with Crippen LogP contribution in [-0.2, 0) is 19.9 Å². The van der Waals surface area contributed by atoms with Crippen LogP contribution in [-0.4, -0.2) is 42.1 Å². The van der Waals surface area contributed by atoms with E-state index in [4.69, 9.17) is 9.47 Å². The first-order chi connectivity index (χ1) is 11.8. The van der Waals surface area contributed by atoms with Crippen molar-refractivity contribution in [3.8, 4) is 5.75 Å². The van der Waals surface area contributed by atoms with E-state index in [0.29, 0.717) is 17.7 Å². The van der Waals surface area contributed by atoms with Gasteiger partial charge in [0.05, 0.1) is 12.7 Å². The van der Waals surface area contributed by atoms with Crippen molar-refractivity contribution >= 4 is 17.9 Å². The number of ether oxygens (including phenoxy) is 2. The number of esters is 1. The number of rotatable bonds is 7. The highest BCUT2D eigenvalue weighted by Crippen LogP contribution is 2.33. The summed E-state index contributed by atoms with van der Waals surface area (Å²) < 4.78 is 10.4. The van der Waals surface area contributed by atoms with Gasteiger partial charge in [-0.05, 0) is 44.9 Å². The zero-order chi connectivity index (χ0) is 18.6. The van der Waals surface area contributed by atoms with E-state index in [0.717, 1.165) is 4.90 Å². The SMILES string of the molecule is CCOC(=O)CN1C(=O)N[C@](CC)(c2ccc(OC(C)C)cc2)C1=O. The molecule has 0 radical (unpaired) electrons. The second-order valence-corrected chi connectivity index (χ2v) is 6.08. The fourth-order valence-corrected chi connectivity index (χ4v) is 2.84. The number of hydrogen-bond acceptors (Lipinski definition) is 5. The summed E-state index contributed by atoms with van der Waals surface area (Å²) >= 11 is 0. The molecule has 0 spiro atoms. The summed E-state index contributed by atoms with van der Waals surface area (Å²) in [6, 6.07) is 6.45. The predicted molar refractivity (Wildman–Crippen MR) is 91.1 cm³/mol. The topological polar surface area (TPSA) is 84.9 Å². The van der Waals surface area contributed by atoms with E-state index in [1.165, 1.54) is 0 Å². The van der Waals surface area contributed by atoms with Gasteiger partial charge in [-0.15, -0.1) is 0 Å². The molecule has 7 nitrogen and oxygen atoms in total. The number of amides is 3. The zero-order valence-corrected chi connectivity index (χ0v) is 15.0. The largest absolute Gasteiger partial charge is 0.491 e. The van der Waals surface area contributed by atoms with Gasteiger partial charge in [-0.25, -0.2) is 4.79 Å². The third-order valence-electron chi connectivity index (χ3n) is 4.02. The Labute approximate surface area is 147 Å². The monoisotopic (exact) mass is 348 g/mol. The molecule has 7 heteroatoms. The van der Waals surface area contributed by atoms with Crippen LogP contribution >= 0.6 is 0 Å². The van der Waals surface area contributed by atoms with Crippen LogP contribution in [0.5, 0.6) is 5.75 Å². The van der Waals surface area contributed by atoms with Gasteiger partial charge in [-0.2, -0.15) is 0 Å². The molecular weight excluding hydrogens is 324 g/mol. The van der Waals surface area contributed by atoms with Crippen LogP contribution in [0.25, 0.3) is 0 Å². The van der Waals surface area contributed by atoms with Gasteiger partial charge < -0.3 is 14.8 Å². The van der Waals surface area contributed by atoms with Crippen LogP contribution in [0.3, 0.4) is 0 Å². The molecule has 1 N–H and O–H groups in total. The minimum absolute atomic E-state index is 0.0406. The van der Waals surface area contributed by atoms with Crippen molar-refractivity contribution in [3.63, 3.8) is 0 Å². The average Bonchev–Trinajstić information content (AvgIpc) is 2.80. The molecule has 0 unspecified atom stereocenters. The lowest BCUT2D eigenvalue weighted by molar-refractivity contribution is -0.147. The predicted octanol–water partition coefficient (Wildman–Crippen LogP) is 2.19. The first kappa shape index (κ1) is 18.8. The van der Waals surface area contributed by atoms with Gasteiger partial charge in [-0.3, -0.25) is 14.5 Å². The maximum absolute atomic E-state index is 12.9. The van der Waals surface area contributed by atoms with Crippen LogP contribution in [0.2, 0.25) is 0 Å². The molecule has 3 amide bonds. The summed E-state index contributed by atoms with van der Waals surface area (Å²) in [5.74, 6) is -0.380. The quantitative estimate of drug-likeness (QED) is 0.603. The van der Waals surface area contributed by atoms with Crippen molar-refractivity contribution in [1.82, 2.24) is 10.2 Å². The molecule has 1 saturated heterocycles. The normalized spacial score (nSPS) is 20.0. The van der Waals surface area contributed by atoms with Crippen molar-refractivity contribution in [3.05, 3.63) is 29.8 Å². The van der Waals surface area contributed by atoms with Gasteiger partial charge in [-0.1, -0.05) is 19.1 Å². The highest BCUT2D eigenvalue weighted by Gasteiger charge is 2.51. The van der Waals surface area contributed by atoms with Gasteiger partial charge in [0.1, 0.15) is 17.8 Å². The third-order valence-corrected chi connectivity index (χ3v) is 4.02. The molecule has 0 saturated carbocycles. The molecule has 1 atom stereocenters. The van der Waals surface area contributed by atoms with E-state index in [1.807, 2.05) is 20.8 Å². The smallest absolute Gasteiger partial charge is 0.326 e. The van der Waals surface area contributed by atoms with Crippen molar-refractivity contribution in [2.45, 2.75) is 45.8 Å².